The van der Waals surface area contributed by atoms with Crippen molar-refractivity contribution in [1.29, 1.82) is 0 Å². The molecular weight excluding hydrogens is 314 g/mol. The van der Waals surface area contributed by atoms with Crippen molar-refractivity contribution in [2.75, 3.05) is 7.11 Å². The van der Waals surface area contributed by atoms with Gasteiger partial charge in [0, 0.05) is 5.39 Å². The Morgan fingerprint density at radius 2 is 1.83 bits per heavy atom. The van der Waals surface area contributed by atoms with Gasteiger partial charge in [-0.1, -0.05) is 23.7 Å². The summed E-state index contributed by atoms with van der Waals surface area (Å²) < 4.78 is 5.01. The van der Waals surface area contributed by atoms with E-state index in [4.69, 9.17) is 16.3 Å². The molecule has 0 aliphatic heterocycles. The Labute approximate surface area is 138 Å². The molecule has 5 heteroatoms. The van der Waals surface area contributed by atoms with E-state index in [1.165, 1.54) is 13.2 Å². The molecule has 0 radical (unpaired) electrons. The lowest BCUT2D eigenvalue weighted by molar-refractivity contribution is 0.373. The zero-order valence-corrected chi connectivity index (χ0v) is 13.1. The molecule has 0 bridgehead atoms. The monoisotopic (exact) mass is 327 g/mol. The normalized spacial score (nSPS) is 11.2. The number of hydrogen-bond donors (Lipinski definition) is 2. The molecule has 0 saturated heterocycles. The maximum atomic E-state index is 9.77. The van der Waals surface area contributed by atoms with Crippen molar-refractivity contribution in [1.82, 2.24) is 4.98 Å². The van der Waals surface area contributed by atoms with Gasteiger partial charge in [-0.15, -0.1) is 0 Å². The number of fused-ring (bicyclic) bond motifs is 1. The fraction of sp³-hybridized carbons (Fsp3) is 0.0556. The highest BCUT2D eigenvalue weighted by Gasteiger charge is 2.05. The number of benzene rings is 2. The molecule has 23 heavy (non-hydrogen) atoms. The lowest BCUT2D eigenvalue weighted by Gasteiger charge is -2.04. The van der Waals surface area contributed by atoms with Gasteiger partial charge < -0.3 is 14.9 Å². The van der Waals surface area contributed by atoms with Crippen molar-refractivity contribution in [3.63, 3.8) is 0 Å². The van der Waals surface area contributed by atoms with Crippen LogP contribution in [0, 0.1) is 0 Å². The van der Waals surface area contributed by atoms with Crippen molar-refractivity contribution in [3.8, 4) is 17.2 Å². The smallest absolute Gasteiger partial charge is 0.160 e. The maximum Gasteiger partial charge on any atom is 0.160 e. The van der Waals surface area contributed by atoms with Crippen molar-refractivity contribution in [2.24, 2.45) is 0 Å². The predicted molar refractivity (Wildman–Crippen MR) is 92.0 cm³/mol. The number of aromatic nitrogens is 1. The molecule has 3 rings (SSSR count). The molecule has 2 aromatic carbocycles. The first kappa shape index (κ1) is 15.2. The van der Waals surface area contributed by atoms with E-state index in [1.54, 1.807) is 18.2 Å². The van der Waals surface area contributed by atoms with E-state index in [9.17, 15) is 10.2 Å². The van der Waals surface area contributed by atoms with Gasteiger partial charge in [0.1, 0.15) is 5.75 Å². The molecule has 0 spiro atoms. The summed E-state index contributed by atoms with van der Waals surface area (Å²) in [6, 6.07) is 12.0. The number of phenolic OH excluding ortho intramolecular Hbond substituents is 2. The Hall–Kier alpha value is -2.72. The van der Waals surface area contributed by atoms with Crippen LogP contribution in [0.1, 0.15) is 11.3 Å². The molecular formula is C18H14ClNO3. The molecule has 1 aromatic heterocycles. The Kier molecular flexibility index (Phi) is 4.08. The SMILES string of the molecule is COc1ccc(/C=C/c2ccc3c(Cl)c(O)ccc3n2)cc1O. The molecule has 2 N–H and O–H groups in total. The largest absolute Gasteiger partial charge is 0.506 e. The number of pyridine rings is 1. The Morgan fingerprint density at radius 1 is 1.00 bits per heavy atom. The standard InChI is InChI=1S/C18H14ClNO3/c1-23-17-9-3-11(10-16(17)22)2-4-12-5-6-13-14(20-12)7-8-15(21)18(13)19/h2-10,21-22H,1H3/b4-2+. The first-order chi connectivity index (χ1) is 11.1. The van der Waals surface area contributed by atoms with E-state index in [2.05, 4.69) is 4.98 Å². The highest BCUT2D eigenvalue weighted by Crippen LogP contribution is 2.31. The highest BCUT2D eigenvalue weighted by atomic mass is 35.5. The lowest BCUT2D eigenvalue weighted by atomic mass is 10.1. The number of halogens is 1. The fourth-order valence-corrected chi connectivity index (χ4v) is 2.48. The van der Waals surface area contributed by atoms with E-state index in [-0.39, 0.29) is 11.5 Å². The molecule has 0 saturated carbocycles. The number of phenols is 2. The quantitative estimate of drug-likeness (QED) is 0.744. The predicted octanol–water partition coefficient (Wildman–Crippen LogP) is 4.48. The second-order valence-corrected chi connectivity index (χ2v) is 5.34. The van der Waals surface area contributed by atoms with Crippen LogP contribution in [0.15, 0.2) is 42.5 Å². The van der Waals surface area contributed by atoms with Crippen LogP contribution in [0.5, 0.6) is 17.2 Å². The van der Waals surface area contributed by atoms with Gasteiger partial charge in [-0.2, -0.15) is 0 Å². The summed E-state index contributed by atoms with van der Waals surface area (Å²) in [6.07, 6.45) is 3.68. The molecule has 3 aromatic rings. The minimum Gasteiger partial charge on any atom is -0.506 e. The van der Waals surface area contributed by atoms with Gasteiger partial charge in [-0.25, -0.2) is 4.98 Å². The van der Waals surface area contributed by atoms with Crippen molar-refractivity contribution in [2.45, 2.75) is 0 Å². The number of nitrogens with zero attached hydrogens (tertiary/aromatic N) is 1. The number of rotatable bonds is 3. The maximum absolute atomic E-state index is 9.77. The second kappa shape index (κ2) is 6.18. The first-order valence-corrected chi connectivity index (χ1v) is 7.29. The average Bonchev–Trinajstić information content (AvgIpc) is 2.56. The van der Waals surface area contributed by atoms with Gasteiger partial charge in [0.25, 0.3) is 0 Å². The molecule has 0 aliphatic rings. The molecule has 4 nitrogen and oxygen atoms in total. The molecule has 0 fully saturated rings. The summed E-state index contributed by atoms with van der Waals surface area (Å²) in [6.45, 7) is 0. The van der Waals surface area contributed by atoms with Crippen molar-refractivity contribution >= 4 is 34.7 Å². The summed E-state index contributed by atoms with van der Waals surface area (Å²) in [5.74, 6) is 0.557. The van der Waals surface area contributed by atoms with Crippen LogP contribution in [0.25, 0.3) is 23.1 Å². The highest BCUT2D eigenvalue weighted by molar-refractivity contribution is 6.36. The first-order valence-electron chi connectivity index (χ1n) is 6.92. The van der Waals surface area contributed by atoms with Crippen LogP contribution in [0.4, 0.5) is 0 Å². The number of aromatic hydroxyl groups is 2. The molecule has 0 atom stereocenters. The zero-order chi connectivity index (χ0) is 16.4. The Balaban J connectivity index is 1.92. The molecule has 116 valence electrons. The van der Waals surface area contributed by atoms with Crippen LogP contribution in [-0.4, -0.2) is 22.3 Å². The third-order valence-corrected chi connectivity index (χ3v) is 3.85. The molecule has 0 amide bonds. The van der Waals surface area contributed by atoms with Gasteiger partial charge in [0.15, 0.2) is 11.5 Å². The lowest BCUT2D eigenvalue weighted by Crippen LogP contribution is -1.85. The fourth-order valence-electron chi connectivity index (χ4n) is 2.26. The van der Waals surface area contributed by atoms with Gasteiger partial charge in [0.05, 0.1) is 23.3 Å². The van der Waals surface area contributed by atoms with Crippen LogP contribution in [-0.2, 0) is 0 Å². The van der Waals surface area contributed by atoms with Crippen LogP contribution in [0.2, 0.25) is 5.02 Å². The molecule has 0 unspecified atom stereocenters. The Bertz CT molecular complexity index is 906. The summed E-state index contributed by atoms with van der Waals surface area (Å²) in [4.78, 5) is 4.48. The van der Waals surface area contributed by atoms with Crippen LogP contribution >= 0.6 is 11.6 Å². The number of ether oxygens (including phenoxy) is 1. The number of hydrogen-bond acceptors (Lipinski definition) is 4. The minimum atomic E-state index is 0.0398. The van der Waals surface area contributed by atoms with E-state index in [0.29, 0.717) is 21.7 Å². The zero-order valence-electron chi connectivity index (χ0n) is 12.3. The number of methoxy groups -OCH3 is 1. The summed E-state index contributed by atoms with van der Waals surface area (Å²) in [7, 11) is 1.51. The van der Waals surface area contributed by atoms with Crippen molar-refractivity contribution < 1.29 is 14.9 Å². The average molecular weight is 328 g/mol. The summed E-state index contributed by atoms with van der Waals surface area (Å²) in [5.41, 5.74) is 2.27. The van der Waals surface area contributed by atoms with E-state index in [0.717, 1.165) is 11.3 Å². The van der Waals surface area contributed by atoms with Crippen molar-refractivity contribution in [3.05, 3.63) is 58.7 Å². The van der Waals surface area contributed by atoms with E-state index >= 15 is 0 Å². The summed E-state index contributed by atoms with van der Waals surface area (Å²) in [5, 5.41) is 20.4. The molecule has 1 heterocycles. The van der Waals surface area contributed by atoms with Crippen LogP contribution < -0.4 is 4.74 Å². The Morgan fingerprint density at radius 3 is 2.57 bits per heavy atom. The molecule has 0 aliphatic carbocycles. The van der Waals surface area contributed by atoms with E-state index < -0.39 is 0 Å². The van der Waals surface area contributed by atoms with Gasteiger partial charge in [0.2, 0.25) is 0 Å². The topological polar surface area (TPSA) is 62.6 Å². The van der Waals surface area contributed by atoms with Gasteiger partial charge in [-0.05, 0) is 48.0 Å². The van der Waals surface area contributed by atoms with Crippen LogP contribution in [0.3, 0.4) is 0 Å². The summed E-state index contributed by atoms with van der Waals surface area (Å²) >= 11 is 6.05. The third-order valence-electron chi connectivity index (χ3n) is 3.46. The second-order valence-electron chi connectivity index (χ2n) is 4.97. The van der Waals surface area contributed by atoms with Gasteiger partial charge in [-0.3, -0.25) is 0 Å². The minimum absolute atomic E-state index is 0.0398. The van der Waals surface area contributed by atoms with E-state index in [1.807, 2.05) is 30.4 Å². The third kappa shape index (κ3) is 3.07. The van der Waals surface area contributed by atoms with Gasteiger partial charge >= 0.3 is 0 Å².